The largest absolute Gasteiger partial charge is 0.478 e. The van der Waals surface area contributed by atoms with E-state index in [-0.39, 0.29) is 5.56 Å². The third kappa shape index (κ3) is 3.97. The van der Waals surface area contributed by atoms with Crippen LogP contribution in [0.2, 0.25) is 0 Å². The van der Waals surface area contributed by atoms with E-state index in [1.807, 2.05) is 24.0 Å². The molecule has 1 aliphatic rings. The number of hydrogen-bond acceptors (Lipinski definition) is 4. The van der Waals surface area contributed by atoms with Gasteiger partial charge in [0.2, 0.25) is 0 Å². The molecule has 146 valence electrons. The molecular formula is C21H21F2N3O2. The number of carbonyl (C=O) groups is 1. The molecule has 3 rings (SSSR count). The van der Waals surface area contributed by atoms with Crippen LogP contribution >= 0.6 is 0 Å². The summed E-state index contributed by atoms with van der Waals surface area (Å²) in [6, 6.07) is 7.54. The van der Waals surface area contributed by atoms with E-state index in [9.17, 15) is 23.9 Å². The van der Waals surface area contributed by atoms with Gasteiger partial charge in [0.1, 0.15) is 6.07 Å². The Morgan fingerprint density at radius 3 is 2.32 bits per heavy atom. The Hall–Kier alpha value is -2.98. The molecule has 1 fully saturated rings. The molecule has 28 heavy (non-hydrogen) atoms. The van der Waals surface area contributed by atoms with E-state index in [0.717, 1.165) is 28.8 Å². The maximum atomic E-state index is 13.6. The Balaban J connectivity index is 1.72. The lowest BCUT2D eigenvalue weighted by Crippen LogP contribution is -2.46. The van der Waals surface area contributed by atoms with E-state index in [2.05, 4.69) is 4.90 Å². The van der Waals surface area contributed by atoms with Crippen molar-refractivity contribution < 1.29 is 18.7 Å². The van der Waals surface area contributed by atoms with Crippen molar-refractivity contribution in [3.8, 4) is 6.07 Å². The molecule has 0 saturated carbocycles. The normalized spacial score (nSPS) is 14.8. The van der Waals surface area contributed by atoms with Gasteiger partial charge >= 0.3 is 5.97 Å². The minimum Gasteiger partial charge on any atom is -0.478 e. The number of benzene rings is 2. The highest BCUT2D eigenvalue weighted by Crippen LogP contribution is 2.25. The van der Waals surface area contributed by atoms with Gasteiger partial charge in [-0.15, -0.1) is 0 Å². The van der Waals surface area contributed by atoms with Gasteiger partial charge in [-0.1, -0.05) is 6.07 Å². The summed E-state index contributed by atoms with van der Waals surface area (Å²) < 4.78 is 27.0. The van der Waals surface area contributed by atoms with Gasteiger partial charge in [0.05, 0.1) is 16.8 Å². The number of carboxylic acid groups (broad SMARTS) is 1. The molecule has 2 aromatic rings. The van der Waals surface area contributed by atoms with Crippen LogP contribution in [0.5, 0.6) is 0 Å². The molecule has 1 aliphatic heterocycles. The van der Waals surface area contributed by atoms with E-state index in [1.54, 1.807) is 13.0 Å². The van der Waals surface area contributed by atoms with Crippen molar-refractivity contribution in [3.63, 3.8) is 0 Å². The minimum absolute atomic E-state index is 0.118. The van der Waals surface area contributed by atoms with Gasteiger partial charge in [-0.05, 0) is 42.7 Å². The van der Waals surface area contributed by atoms with Gasteiger partial charge in [0, 0.05) is 38.8 Å². The highest BCUT2D eigenvalue weighted by Gasteiger charge is 2.22. The van der Waals surface area contributed by atoms with Crippen molar-refractivity contribution >= 4 is 11.7 Å². The van der Waals surface area contributed by atoms with Crippen LogP contribution in [-0.4, -0.2) is 42.2 Å². The molecule has 1 heterocycles. The number of hydrogen-bond donors (Lipinski definition) is 1. The smallest absolute Gasteiger partial charge is 0.335 e. The molecule has 7 heteroatoms. The number of anilines is 1. The summed E-state index contributed by atoms with van der Waals surface area (Å²) in [7, 11) is 0. The number of piperazine rings is 1. The van der Waals surface area contributed by atoms with E-state index < -0.39 is 17.6 Å². The number of nitrogens with zero attached hydrogens (tertiary/aromatic N) is 3. The highest BCUT2D eigenvalue weighted by atomic mass is 19.2. The Kier molecular flexibility index (Phi) is 5.61. The van der Waals surface area contributed by atoms with Crippen LogP contribution < -0.4 is 4.90 Å². The summed E-state index contributed by atoms with van der Waals surface area (Å²) in [6.07, 6.45) is 0. The fraction of sp³-hybridized carbons (Fsp3) is 0.333. The van der Waals surface area contributed by atoms with Crippen molar-refractivity contribution in [1.82, 2.24) is 4.90 Å². The summed E-state index contributed by atoms with van der Waals surface area (Å²) in [5.41, 5.74) is 3.56. The number of halogens is 2. The molecule has 0 radical (unpaired) electrons. The topological polar surface area (TPSA) is 67.6 Å². The van der Waals surface area contributed by atoms with Gasteiger partial charge in [-0.2, -0.15) is 5.26 Å². The lowest BCUT2D eigenvalue weighted by molar-refractivity contribution is 0.0696. The average Bonchev–Trinajstić information content (AvgIpc) is 2.66. The summed E-state index contributed by atoms with van der Waals surface area (Å²) >= 11 is 0. The monoisotopic (exact) mass is 385 g/mol. The fourth-order valence-electron chi connectivity index (χ4n) is 3.57. The second-order valence-electron chi connectivity index (χ2n) is 7.06. The molecule has 0 unspecified atom stereocenters. The molecular weight excluding hydrogens is 364 g/mol. The van der Waals surface area contributed by atoms with Crippen LogP contribution in [0.15, 0.2) is 24.3 Å². The molecule has 2 aromatic carbocycles. The zero-order chi connectivity index (χ0) is 20.4. The lowest BCUT2D eigenvalue weighted by atomic mass is 9.99. The average molecular weight is 385 g/mol. The maximum Gasteiger partial charge on any atom is 0.335 e. The predicted octanol–water partition coefficient (Wildman–Crippen LogP) is 3.47. The fourth-order valence-corrected chi connectivity index (χ4v) is 3.57. The Morgan fingerprint density at radius 2 is 1.71 bits per heavy atom. The Morgan fingerprint density at radius 1 is 1.07 bits per heavy atom. The van der Waals surface area contributed by atoms with Crippen LogP contribution in [0.25, 0.3) is 0 Å². The molecule has 0 atom stereocenters. The molecule has 0 aliphatic carbocycles. The molecule has 1 saturated heterocycles. The first-order valence-corrected chi connectivity index (χ1v) is 9.00. The number of rotatable bonds is 4. The van der Waals surface area contributed by atoms with Gasteiger partial charge in [0.25, 0.3) is 0 Å². The van der Waals surface area contributed by atoms with Crippen LogP contribution in [0.1, 0.15) is 32.6 Å². The summed E-state index contributed by atoms with van der Waals surface area (Å²) in [4.78, 5) is 15.4. The summed E-state index contributed by atoms with van der Waals surface area (Å²) in [6.45, 7) is 6.83. The summed E-state index contributed by atoms with van der Waals surface area (Å²) in [5, 5.41) is 18.5. The Bertz CT molecular complexity index is 961. The van der Waals surface area contributed by atoms with Crippen LogP contribution in [0, 0.1) is 36.8 Å². The lowest BCUT2D eigenvalue weighted by Gasteiger charge is -2.36. The summed E-state index contributed by atoms with van der Waals surface area (Å²) in [5.74, 6) is -2.93. The maximum absolute atomic E-state index is 13.6. The number of nitriles is 1. The quantitative estimate of drug-likeness (QED) is 0.873. The van der Waals surface area contributed by atoms with Crippen LogP contribution in [0.3, 0.4) is 0 Å². The zero-order valence-corrected chi connectivity index (χ0v) is 15.8. The Labute approximate surface area is 162 Å². The SMILES string of the molecule is Cc1cc(C)c(C(=O)O)cc1CN1CCN(c2cc(F)c(F)cc2C#N)CC1. The molecule has 0 spiro atoms. The number of carboxylic acids is 1. The van der Waals surface area contributed by atoms with E-state index in [4.69, 9.17) is 0 Å². The van der Waals surface area contributed by atoms with E-state index in [0.29, 0.717) is 44.0 Å². The number of aryl methyl sites for hydroxylation is 2. The third-order valence-corrected chi connectivity index (χ3v) is 5.18. The second-order valence-corrected chi connectivity index (χ2v) is 7.06. The first-order valence-electron chi connectivity index (χ1n) is 9.00. The molecule has 0 aromatic heterocycles. The number of aromatic carboxylic acids is 1. The highest BCUT2D eigenvalue weighted by molar-refractivity contribution is 5.89. The van der Waals surface area contributed by atoms with Crippen molar-refractivity contribution in [2.24, 2.45) is 0 Å². The predicted molar refractivity (Wildman–Crippen MR) is 101 cm³/mol. The van der Waals surface area contributed by atoms with Crippen LogP contribution in [-0.2, 0) is 6.54 Å². The van der Waals surface area contributed by atoms with Crippen molar-refractivity contribution in [1.29, 1.82) is 5.26 Å². The van der Waals surface area contributed by atoms with Gasteiger partial charge < -0.3 is 10.0 Å². The van der Waals surface area contributed by atoms with E-state index in [1.165, 1.54) is 0 Å². The van der Waals surface area contributed by atoms with Gasteiger partial charge in [0.15, 0.2) is 11.6 Å². The first-order chi connectivity index (χ1) is 13.3. The third-order valence-electron chi connectivity index (χ3n) is 5.18. The van der Waals surface area contributed by atoms with Gasteiger partial charge in [-0.25, -0.2) is 13.6 Å². The van der Waals surface area contributed by atoms with Crippen molar-refractivity contribution in [2.45, 2.75) is 20.4 Å². The zero-order valence-electron chi connectivity index (χ0n) is 15.8. The molecule has 1 N–H and O–H groups in total. The van der Waals surface area contributed by atoms with E-state index >= 15 is 0 Å². The second kappa shape index (κ2) is 7.95. The van der Waals surface area contributed by atoms with Crippen molar-refractivity contribution in [3.05, 3.63) is 63.7 Å². The van der Waals surface area contributed by atoms with Gasteiger partial charge in [-0.3, -0.25) is 4.90 Å². The first kappa shape index (κ1) is 19.8. The van der Waals surface area contributed by atoms with Crippen molar-refractivity contribution in [2.75, 3.05) is 31.1 Å². The molecule has 5 nitrogen and oxygen atoms in total. The molecule has 0 amide bonds. The molecule has 0 bridgehead atoms. The van der Waals surface area contributed by atoms with Crippen LogP contribution in [0.4, 0.5) is 14.5 Å². The standard InChI is InChI=1S/C21H21F2N3O2/c1-13-7-14(2)17(21(27)28)8-16(13)12-25-3-5-26(6-4-25)20-10-19(23)18(22)9-15(20)11-24/h7-10H,3-6,12H2,1-2H3,(H,27,28). The minimum atomic E-state index is -1.02.